The minimum atomic E-state index is -3.57. The standard InChI is InChI=1S/C14H18N2O4S/c1-10(2)15-7-8-16-21(18,19)12-4-5-13-11(9-12)3-6-14(17)20-13/h3-6,9-10,15-16H,7-8H2,1-2H3. The molecule has 0 bridgehead atoms. The predicted octanol–water partition coefficient (Wildman–Crippen LogP) is 1.07. The van der Waals surface area contributed by atoms with Crippen molar-refractivity contribution >= 4 is 21.0 Å². The molecule has 1 aromatic heterocycles. The highest BCUT2D eigenvalue weighted by Gasteiger charge is 2.14. The molecule has 0 fully saturated rings. The highest BCUT2D eigenvalue weighted by molar-refractivity contribution is 7.89. The Labute approximate surface area is 123 Å². The van der Waals surface area contributed by atoms with Gasteiger partial charge in [0.1, 0.15) is 5.58 Å². The van der Waals surface area contributed by atoms with E-state index in [0.29, 0.717) is 30.1 Å². The normalized spacial score (nSPS) is 12.1. The molecule has 7 heteroatoms. The summed E-state index contributed by atoms with van der Waals surface area (Å²) < 4.78 is 31.8. The fourth-order valence-corrected chi connectivity index (χ4v) is 2.91. The summed E-state index contributed by atoms with van der Waals surface area (Å²) in [4.78, 5) is 11.2. The molecule has 6 nitrogen and oxygen atoms in total. The van der Waals surface area contributed by atoms with E-state index in [1.807, 2.05) is 13.8 Å². The lowest BCUT2D eigenvalue weighted by Crippen LogP contribution is -2.34. The van der Waals surface area contributed by atoms with Crippen LogP contribution in [0.5, 0.6) is 0 Å². The highest BCUT2D eigenvalue weighted by Crippen LogP contribution is 2.17. The summed E-state index contributed by atoms with van der Waals surface area (Å²) in [5.41, 5.74) is -0.0982. The lowest BCUT2D eigenvalue weighted by molar-refractivity contribution is 0.557. The van der Waals surface area contributed by atoms with Crippen molar-refractivity contribution in [2.75, 3.05) is 13.1 Å². The van der Waals surface area contributed by atoms with Crippen LogP contribution in [0.3, 0.4) is 0 Å². The van der Waals surface area contributed by atoms with Gasteiger partial charge in [-0.15, -0.1) is 0 Å². The Morgan fingerprint density at radius 3 is 2.62 bits per heavy atom. The van der Waals surface area contributed by atoms with Crippen LogP contribution >= 0.6 is 0 Å². The van der Waals surface area contributed by atoms with Crippen molar-refractivity contribution in [2.45, 2.75) is 24.8 Å². The zero-order valence-electron chi connectivity index (χ0n) is 11.9. The van der Waals surface area contributed by atoms with E-state index in [2.05, 4.69) is 10.0 Å². The maximum absolute atomic E-state index is 12.2. The Kier molecular flexibility index (Phi) is 4.76. The summed E-state index contributed by atoms with van der Waals surface area (Å²) in [7, 11) is -3.57. The smallest absolute Gasteiger partial charge is 0.336 e. The molecule has 0 saturated carbocycles. The van der Waals surface area contributed by atoms with Gasteiger partial charge < -0.3 is 9.73 Å². The average molecular weight is 310 g/mol. The number of nitrogens with one attached hydrogen (secondary N) is 2. The molecule has 0 spiro atoms. The van der Waals surface area contributed by atoms with Crippen molar-refractivity contribution in [2.24, 2.45) is 0 Å². The molecule has 0 radical (unpaired) electrons. The van der Waals surface area contributed by atoms with Crippen LogP contribution in [0.1, 0.15) is 13.8 Å². The van der Waals surface area contributed by atoms with E-state index < -0.39 is 15.6 Å². The quantitative estimate of drug-likeness (QED) is 0.615. The fraction of sp³-hybridized carbons (Fsp3) is 0.357. The third-order valence-electron chi connectivity index (χ3n) is 2.87. The van der Waals surface area contributed by atoms with Gasteiger partial charge in [0.15, 0.2) is 0 Å². The van der Waals surface area contributed by atoms with Crippen LogP contribution < -0.4 is 15.7 Å². The van der Waals surface area contributed by atoms with E-state index in [1.54, 1.807) is 6.07 Å². The van der Waals surface area contributed by atoms with Crippen LogP contribution in [0.2, 0.25) is 0 Å². The molecule has 1 heterocycles. The van der Waals surface area contributed by atoms with Gasteiger partial charge in [-0.3, -0.25) is 0 Å². The largest absolute Gasteiger partial charge is 0.423 e. The maximum atomic E-state index is 12.2. The average Bonchev–Trinajstić information content (AvgIpc) is 2.43. The Hall–Kier alpha value is -1.70. The van der Waals surface area contributed by atoms with Gasteiger partial charge in [-0.05, 0) is 24.3 Å². The molecule has 114 valence electrons. The number of hydrogen-bond acceptors (Lipinski definition) is 5. The predicted molar refractivity (Wildman–Crippen MR) is 80.8 cm³/mol. The third kappa shape index (κ3) is 4.13. The van der Waals surface area contributed by atoms with E-state index >= 15 is 0 Å². The molecular weight excluding hydrogens is 292 g/mol. The second kappa shape index (κ2) is 6.38. The Morgan fingerprint density at radius 2 is 1.90 bits per heavy atom. The molecule has 1 aromatic carbocycles. The monoisotopic (exact) mass is 310 g/mol. The van der Waals surface area contributed by atoms with Gasteiger partial charge in [-0.25, -0.2) is 17.9 Å². The Morgan fingerprint density at radius 1 is 1.14 bits per heavy atom. The molecule has 0 amide bonds. The Balaban J connectivity index is 2.16. The number of hydrogen-bond donors (Lipinski definition) is 2. The van der Waals surface area contributed by atoms with Gasteiger partial charge in [0.05, 0.1) is 4.90 Å². The Bertz CT molecular complexity index is 781. The van der Waals surface area contributed by atoms with Crippen LogP contribution in [0, 0.1) is 0 Å². The summed E-state index contributed by atoms with van der Waals surface area (Å²) in [5, 5.41) is 3.70. The first-order valence-corrected chi connectivity index (χ1v) is 8.14. The topological polar surface area (TPSA) is 88.4 Å². The lowest BCUT2D eigenvalue weighted by Gasteiger charge is -2.10. The molecule has 0 saturated heterocycles. The maximum Gasteiger partial charge on any atom is 0.336 e. The first-order chi connectivity index (χ1) is 9.88. The molecule has 21 heavy (non-hydrogen) atoms. The van der Waals surface area contributed by atoms with E-state index in [9.17, 15) is 13.2 Å². The summed E-state index contributed by atoms with van der Waals surface area (Å²) >= 11 is 0. The van der Waals surface area contributed by atoms with Crippen LogP contribution in [0.4, 0.5) is 0 Å². The molecule has 2 aromatic rings. The summed E-state index contributed by atoms with van der Waals surface area (Å²) in [6, 6.07) is 7.50. The summed E-state index contributed by atoms with van der Waals surface area (Å²) in [6.07, 6.45) is 0. The van der Waals surface area contributed by atoms with E-state index in [-0.39, 0.29) is 4.90 Å². The molecule has 0 atom stereocenters. The van der Waals surface area contributed by atoms with Gasteiger partial charge in [0.25, 0.3) is 0 Å². The van der Waals surface area contributed by atoms with Gasteiger partial charge >= 0.3 is 5.63 Å². The molecule has 2 N–H and O–H groups in total. The van der Waals surface area contributed by atoms with Gasteiger partial charge in [0, 0.05) is 30.6 Å². The fourth-order valence-electron chi connectivity index (χ4n) is 1.85. The van der Waals surface area contributed by atoms with Crippen molar-refractivity contribution in [3.8, 4) is 0 Å². The first-order valence-electron chi connectivity index (χ1n) is 6.65. The second-order valence-corrected chi connectivity index (χ2v) is 6.73. The number of sulfonamides is 1. The zero-order chi connectivity index (χ0) is 15.5. The summed E-state index contributed by atoms with van der Waals surface area (Å²) in [6.45, 7) is 4.85. The molecule has 0 aliphatic heterocycles. The van der Waals surface area contributed by atoms with Crippen LogP contribution in [-0.2, 0) is 10.0 Å². The van der Waals surface area contributed by atoms with E-state index in [4.69, 9.17) is 4.42 Å². The minimum Gasteiger partial charge on any atom is -0.423 e. The number of fused-ring (bicyclic) bond motifs is 1. The van der Waals surface area contributed by atoms with Gasteiger partial charge in [0.2, 0.25) is 10.0 Å². The third-order valence-corrected chi connectivity index (χ3v) is 4.33. The molecule has 2 rings (SSSR count). The van der Waals surface area contributed by atoms with Crippen LogP contribution in [0.15, 0.2) is 44.4 Å². The van der Waals surface area contributed by atoms with Crippen molar-refractivity contribution < 1.29 is 12.8 Å². The molecule has 0 unspecified atom stereocenters. The van der Waals surface area contributed by atoms with E-state index in [1.165, 1.54) is 24.3 Å². The van der Waals surface area contributed by atoms with Crippen LogP contribution in [-0.4, -0.2) is 27.5 Å². The van der Waals surface area contributed by atoms with Crippen LogP contribution in [0.25, 0.3) is 11.0 Å². The van der Waals surface area contributed by atoms with Crippen molar-refractivity contribution in [1.29, 1.82) is 0 Å². The van der Waals surface area contributed by atoms with Crippen molar-refractivity contribution in [3.05, 3.63) is 40.8 Å². The van der Waals surface area contributed by atoms with Crippen molar-refractivity contribution in [3.63, 3.8) is 0 Å². The van der Waals surface area contributed by atoms with Gasteiger partial charge in [-0.1, -0.05) is 13.8 Å². The lowest BCUT2D eigenvalue weighted by atomic mass is 10.2. The SMILES string of the molecule is CC(C)NCCNS(=O)(=O)c1ccc2oc(=O)ccc2c1. The van der Waals surface area contributed by atoms with Gasteiger partial charge in [-0.2, -0.15) is 0 Å². The highest BCUT2D eigenvalue weighted by atomic mass is 32.2. The first kappa shape index (κ1) is 15.7. The second-order valence-electron chi connectivity index (χ2n) is 4.96. The van der Waals surface area contributed by atoms with Crippen molar-refractivity contribution in [1.82, 2.24) is 10.0 Å². The van der Waals surface area contributed by atoms with E-state index in [0.717, 1.165) is 0 Å². The number of benzene rings is 1. The minimum absolute atomic E-state index is 0.147. The molecular formula is C14H18N2O4S. The molecule has 0 aliphatic rings. The number of rotatable bonds is 6. The zero-order valence-corrected chi connectivity index (χ0v) is 12.7. The molecule has 0 aliphatic carbocycles. The summed E-state index contributed by atoms with van der Waals surface area (Å²) in [5.74, 6) is 0.